The number of carbonyl (C=O) groups excluding carboxylic acids is 1. The van der Waals surface area contributed by atoms with Crippen LogP contribution in [0.1, 0.15) is 16.8 Å². The number of imidazole rings is 1. The molecule has 0 aliphatic heterocycles. The number of aryl methyl sites for hydroxylation is 1. The van der Waals surface area contributed by atoms with E-state index < -0.39 is 33.8 Å². The maximum atomic E-state index is 13.8. The number of fused-ring (bicyclic) bond motifs is 1. The fourth-order valence-electron chi connectivity index (χ4n) is 3.88. The third kappa shape index (κ3) is 6.34. The van der Waals surface area contributed by atoms with Crippen LogP contribution < -0.4 is 48.9 Å². The molecule has 0 fully saturated rings. The van der Waals surface area contributed by atoms with Crippen molar-refractivity contribution in [2.24, 2.45) is 0 Å². The Balaban J connectivity index is 0.00000420. The predicted octanol–water partition coefficient (Wildman–Crippen LogP) is -1.26. The molecule has 1 atom stereocenters. The second-order valence-electron chi connectivity index (χ2n) is 8.19. The molecule has 4 aromatic rings. The van der Waals surface area contributed by atoms with E-state index in [1.165, 1.54) is 44.6 Å². The van der Waals surface area contributed by atoms with Gasteiger partial charge in [-0.05, 0) is 50.2 Å². The number of hydrogen-bond acceptors (Lipinski definition) is 10. The Morgan fingerprint density at radius 2 is 1.72 bits per heavy atom. The molecule has 2 heterocycles. The predicted molar refractivity (Wildman–Crippen MR) is 136 cm³/mol. The van der Waals surface area contributed by atoms with Crippen LogP contribution in [0.15, 0.2) is 58.7 Å². The van der Waals surface area contributed by atoms with Gasteiger partial charge < -0.3 is 28.7 Å². The number of carboxylic acids is 1. The van der Waals surface area contributed by atoms with E-state index in [0.29, 0.717) is 28.3 Å². The average Bonchev–Trinajstić information content (AvgIpc) is 3.29. The fraction of sp³-hybridized carbons (Fsp3) is 0.240. The molecule has 2 aromatic heterocycles. The number of methoxy groups -OCH3 is 2. The van der Waals surface area contributed by atoms with Crippen molar-refractivity contribution in [3.05, 3.63) is 65.5 Å². The molecule has 200 valence electrons. The van der Waals surface area contributed by atoms with E-state index >= 15 is 0 Å². The van der Waals surface area contributed by atoms with E-state index in [-0.39, 0.29) is 56.6 Å². The Hall–Kier alpha value is -2.81. The van der Waals surface area contributed by atoms with Crippen LogP contribution in [0.25, 0.3) is 11.0 Å². The molecule has 0 aliphatic carbocycles. The number of ether oxygens (including phenoxy) is 3. The molecule has 0 bridgehead atoms. The van der Waals surface area contributed by atoms with Gasteiger partial charge in [0.2, 0.25) is 0 Å². The van der Waals surface area contributed by atoms with E-state index in [1.54, 1.807) is 25.3 Å². The first-order valence-corrected chi connectivity index (χ1v) is 13.9. The third-order valence-corrected chi connectivity index (χ3v) is 8.78. The number of benzene rings is 2. The molecule has 0 amide bonds. The van der Waals surface area contributed by atoms with Gasteiger partial charge >= 0.3 is 34.7 Å². The molecule has 0 saturated carbocycles. The van der Waals surface area contributed by atoms with Crippen LogP contribution in [0, 0.1) is 13.8 Å². The van der Waals surface area contributed by atoms with Gasteiger partial charge in [-0.25, -0.2) is 8.42 Å². The summed E-state index contributed by atoms with van der Waals surface area (Å²) >= 11 is -1.93. The molecule has 1 unspecified atom stereocenters. The molecule has 11 nitrogen and oxygen atoms in total. The average molecular weight is 582 g/mol. The molecule has 2 aromatic carbocycles. The van der Waals surface area contributed by atoms with Gasteiger partial charge in [-0.3, -0.25) is 4.98 Å². The van der Waals surface area contributed by atoms with Gasteiger partial charge in [-0.15, -0.1) is 0 Å². The van der Waals surface area contributed by atoms with Gasteiger partial charge in [0.1, 0.15) is 23.9 Å². The zero-order chi connectivity index (χ0) is 27.6. The molecule has 4 rings (SSSR count). The molecular weight excluding hydrogens is 557 g/mol. The van der Waals surface area contributed by atoms with Gasteiger partial charge in [0, 0.05) is 34.6 Å². The quantitative estimate of drug-likeness (QED) is 0.164. The Labute approximate surface area is 250 Å². The summed E-state index contributed by atoms with van der Waals surface area (Å²) < 4.78 is 58.0. The van der Waals surface area contributed by atoms with Crippen LogP contribution in [0.3, 0.4) is 0 Å². The summed E-state index contributed by atoms with van der Waals surface area (Å²) in [5.74, 6) is -0.376. The van der Waals surface area contributed by atoms with E-state index in [0.717, 1.165) is 9.54 Å². The molecule has 0 saturated heterocycles. The van der Waals surface area contributed by atoms with Gasteiger partial charge in [0.25, 0.3) is 10.0 Å². The second kappa shape index (κ2) is 12.6. The van der Waals surface area contributed by atoms with Gasteiger partial charge in [-0.2, -0.15) is 8.96 Å². The third-order valence-electron chi connectivity index (χ3n) is 5.73. The van der Waals surface area contributed by atoms with Gasteiger partial charge in [0.15, 0.2) is 5.75 Å². The number of carboxylic acid groups (broad SMARTS) is 1. The minimum absolute atomic E-state index is 0. The van der Waals surface area contributed by atoms with Crippen LogP contribution in [0.4, 0.5) is 0 Å². The van der Waals surface area contributed by atoms with Crippen LogP contribution in [0.5, 0.6) is 17.2 Å². The Kier molecular flexibility index (Phi) is 9.91. The van der Waals surface area contributed by atoms with Crippen molar-refractivity contribution >= 4 is 38.2 Å². The number of rotatable bonds is 10. The number of aromatic nitrogens is 3. The summed E-state index contributed by atoms with van der Waals surface area (Å²) in [5.41, 5.74) is 2.47. The largest absolute Gasteiger partial charge is 1.00 e. The summed E-state index contributed by atoms with van der Waals surface area (Å²) in [5, 5.41) is 10.5. The molecule has 39 heavy (non-hydrogen) atoms. The Bertz CT molecular complexity index is 1610. The van der Waals surface area contributed by atoms with Crippen LogP contribution >= 0.6 is 0 Å². The van der Waals surface area contributed by atoms with Crippen molar-refractivity contribution in [3.63, 3.8) is 0 Å². The van der Waals surface area contributed by atoms with Crippen LogP contribution in [-0.4, -0.2) is 53.7 Å². The molecule has 14 heteroatoms. The normalized spacial score (nSPS) is 12.0. The number of hydrogen-bond donors (Lipinski definition) is 0. The zero-order valence-electron chi connectivity index (χ0n) is 22.0. The van der Waals surface area contributed by atoms with Gasteiger partial charge in [-0.1, -0.05) is 0 Å². The SMILES string of the molecule is COc1ccc2nc([S+]([O-])Cc3ncc(C)c(OC)c3C)n(S(=O)(=O)c3ccc(OCC(=O)[O-])cc3)c2c1.[Na+]. The monoisotopic (exact) mass is 581 g/mol. The first kappa shape index (κ1) is 30.7. The maximum Gasteiger partial charge on any atom is 1.00 e. The Morgan fingerprint density at radius 3 is 2.33 bits per heavy atom. The fourth-order valence-corrected chi connectivity index (χ4v) is 6.91. The molecule has 0 aliphatic rings. The van der Waals surface area contributed by atoms with Crippen molar-refractivity contribution in [2.75, 3.05) is 20.8 Å². The number of nitrogens with zero attached hydrogens (tertiary/aromatic N) is 3. The first-order chi connectivity index (χ1) is 18.1. The summed E-state index contributed by atoms with van der Waals surface area (Å²) in [6.45, 7) is 2.95. The molecule has 0 N–H and O–H groups in total. The molecular formula is C25H24N3NaO8S2. The smallest absolute Gasteiger partial charge is 0.609 e. The van der Waals surface area contributed by atoms with Crippen molar-refractivity contribution in [2.45, 2.75) is 29.7 Å². The minimum atomic E-state index is -4.32. The first-order valence-electron chi connectivity index (χ1n) is 11.2. The van der Waals surface area contributed by atoms with E-state index in [9.17, 15) is 22.9 Å². The van der Waals surface area contributed by atoms with E-state index in [2.05, 4.69) is 9.97 Å². The number of carbonyl (C=O) groups is 1. The van der Waals surface area contributed by atoms with Crippen molar-refractivity contribution < 1.29 is 66.6 Å². The Morgan fingerprint density at radius 1 is 1.05 bits per heavy atom. The van der Waals surface area contributed by atoms with Crippen LogP contribution in [0.2, 0.25) is 0 Å². The summed E-state index contributed by atoms with van der Waals surface area (Å²) in [7, 11) is -1.34. The zero-order valence-corrected chi connectivity index (χ0v) is 25.6. The second-order valence-corrected chi connectivity index (χ2v) is 11.3. The van der Waals surface area contributed by atoms with Crippen molar-refractivity contribution in [1.82, 2.24) is 13.9 Å². The summed E-state index contributed by atoms with van der Waals surface area (Å²) in [6, 6.07) is 9.85. The molecule has 0 radical (unpaired) electrons. The minimum Gasteiger partial charge on any atom is -0.609 e. The molecule has 0 spiro atoms. The topological polar surface area (TPSA) is 156 Å². The van der Waals surface area contributed by atoms with Crippen molar-refractivity contribution in [3.8, 4) is 17.2 Å². The standard InChI is InChI=1S/C25H25N3O8S2.Na/c1-15-12-26-21(16(2)24(15)35-4)14-37(31)25-27-20-10-7-18(34-3)11-22(20)28(25)38(32,33)19-8-5-17(6-9-19)36-13-23(29)30;/h5-12H,13-14H2,1-4H3,(H,29,30);/q;+1/p-1. The van der Waals surface area contributed by atoms with E-state index in [4.69, 9.17) is 14.2 Å². The van der Waals surface area contributed by atoms with Crippen LogP contribution in [-0.2, 0) is 31.7 Å². The maximum absolute atomic E-state index is 13.8. The summed E-state index contributed by atoms with van der Waals surface area (Å²) in [6.07, 6.45) is 1.60. The van der Waals surface area contributed by atoms with Crippen molar-refractivity contribution in [1.29, 1.82) is 0 Å². The number of aliphatic carboxylic acids is 1. The number of pyridine rings is 1. The summed E-state index contributed by atoms with van der Waals surface area (Å²) in [4.78, 5) is 19.3. The van der Waals surface area contributed by atoms with Gasteiger partial charge in [0.05, 0.1) is 41.8 Å². The van der Waals surface area contributed by atoms with E-state index in [1.807, 2.05) is 6.92 Å².